The Balaban J connectivity index is 1.60. The molecule has 176 valence electrons. The highest BCUT2D eigenvalue weighted by Crippen LogP contribution is 2.53. The zero-order chi connectivity index (χ0) is 24.5. The maximum Gasteiger partial charge on any atom is 0.281 e. The van der Waals surface area contributed by atoms with Crippen LogP contribution in [0.3, 0.4) is 0 Å². The number of aliphatic hydroxyl groups excluding tert-OH is 1. The Morgan fingerprint density at radius 2 is 1.94 bits per heavy atom. The van der Waals surface area contributed by atoms with Gasteiger partial charge in [-0.15, -0.1) is 0 Å². The molecule has 0 spiro atoms. The third-order valence-electron chi connectivity index (χ3n) is 7.11. The van der Waals surface area contributed by atoms with Crippen LogP contribution in [0, 0.1) is 17.1 Å². The first-order valence-corrected chi connectivity index (χ1v) is 11.2. The van der Waals surface area contributed by atoms with Crippen LogP contribution < -0.4 is 0 Å². The smallest absolute Gasteiger partial charge is 0.281 e. The van der Waals surface area contributed by atoms with Crippen LogP contribution in [0.1, 0.15) is 64.4 Å². The van der Waals surface area contributed by atoms with Crippen molar-refractivity contribution in [2.24, 2.45) is 0 Å². The molecule has 2 aromatic heterocycles. The van der Waals surface area contributed by atoms with E-state index in [-0.39, 0.29) is 35.1 Å². The first-order valence-electron chi connectivity index (χ1n) is 11.2. The number of fused-ring (bicyclic) bond motifs is 3. The van der Waals surface area contributed by atoms with Gasteiger partial charge in [0.05, 0.1) is 23.5 Å². The van der Waals surface area contributed by atoms with Gasteiger partial charge in [0, 0.05) is 30.3 Å². The lowest BCUT2D eigenvalue weighted by Gasteiger charge is -2.31. The van der Waals surface area contributed by atoms with E-state index in [1.807, 2.05) is 6.07 Å². The number of nitriles is 1. The molecule has 35 heavy (non-hydrogen) atoms. The van der Waals surface area contributed by atoms with E-state index in [9.17, 15) is 27.9 Å². The Kier molecular flexibility index (Phi) is 4.73. The second-order valence-electron chi connectivity index (χ2n) is 9.03. The number of hydrogen-bond donors (Lipinski definition) is 1. The van der Waals surface area contributed by atoms with Crippen LogP contribution in [0.4, 0.5) is 17.6 Å². The molecular weight excluding hydrogens is 460 g/mol. The van der Waals surface area contributed by atoms with Crippen molar-refractivity contribution < 1.29 is 22.7 Å². The van der Waals surface area contributed by atoms with Gasteiger partial charge in [0.1, 0.15) is 18.1 Å². The summed E-state index contributed by atoms with van der Waals surface area (Å²) in [6.07, 6.45) is 0.927. The molecule has 2 aliphatic carbocycles. The Morgan fingerprint density at radius 3 is 2.74 bits per heavy atom. The third kappa shape index (κ3) is 3.17. The number of alkyl halides is 3. The summed E-state index contributed by atoms with van der Waals surface area (Å²) in [6.45, 7) is 0. The molecule has 0 unspecified atom stereocenters. The molecule has 0 bridgehead atoms. The number of aliphatic hydroxyl groups is 1. The maximum atomic E-state index is 14.9. The highest BCUT2D eigenvalue weighted by atomic mass is 19.3. The summed E-state index contributed by atoms with van der Waals surface area (Å²) >= 11 is 0. The van der Waals surface area contributed by atoms with Crippen LogP contribution in [0.15, 0.2) is 48.9 Å². The van der Waals surface area contributed by atoms with Crippen molar-refractivity contribution in [2.75, 3.05) is 0 Å². The molecule has 2 heterocycles. The number of imidazole rings is 1. The first-order chi connectivity index (χ1) is 16.8. The lowest BCUT2D eigenvalue weighted by Crippen LogP contribution is -2.22. The Bertz CT molecular complexity index is 1540. The summed E-state index contributed by atoms with van der Waals surface area (Å²) in [7, 11) is 0. The second-order valence-corrected chi connectivity index (χ2v) is 9.03. The molecule has 6 rings (SSSR count). The van der Waals surface area contributed by atoms with Gasteiger partial charge < -0.3 is 5.11 Å². The third-order valence-corrected chi connectivity index (χ3v) is 7.11. The number of hydrogen-bond acceptors (Lipinski definition) is 4. The molecule has 0 radical (unpaired) electrons. The molecule has 4 aromatic rings. The fourth-order valence-electron chi connectivity index (χ4n) is 5.62. The van der Waals surface area contributed by atoms with Crippen LogP contribution in [-0.4, -0.2) is 25.4 Å². The molecule has 0 fully saturated rings. The lowest BCUT2D eigenvalue weighted by molar-refractivity contribution is -0.0966. The summed E-state index contributed by atoms with van der Waals surface area (Å²) in [5.74, 6) is -4.32. The minimum Gasteiger partial charge on any atom is -0.382 e. The van der Waals surface area contributed by atoms with Gasteiger partial charge in [0.15, 0.2) is 0 Å². The molecule has 0 saturated heterocycles. The van der Waals surface area contributed by atoms with E-state index in [0.29, 0.717) is 28.2 Å². The largest absolute Gasteiger partial charge is 0.382 e. The Labute approximate surface area is 197 Å². The second kappa shape index (κ2) is 7.62. The monoisotopic (exact) mass is 478 g/mol. The molecule has 5 nitrogen and oxygen atoms in total. The van der Waals surface area contributed by atoms with Gasteiger partial charge in [-0.3, -0.25) is 4.40 Å². The molecule has 0 aliphatic heterocycles. The summed E-state index contributed by atoms with van der Waals surface area (Å²) in [5, 5.41) is 20.3. The van der Waals surface area contributed by atoms with Crippen molar-refractivity contribution in [3.8, 4) is 17.3 Å². The van der Waals surface area contributed by atoms with Crippen molar-refractivity contribution in [3.63, 3.8) is 0 Å². The minimum atomic E-state index is -3.41. The fraction of sp³-hybridized carbons (Fsp3) is 0.269. The molecule has 0 amide bonds. The standard InChI is InChI=1S/C26H18F4N4O/c27-14-8-13(11-31)22-16(4-5-20(28)18(22)9-14)15-2-3-17(23-19(15)10-26(29,30)24(23)35)21-12-33-25-32-6-1-7-34(21)25/h1-3,6-9,12,16,20,24,35H,4-5,10H2/t16-,20+,24+/m1/s1. The van der Waals surface area contributed by atoms with Crippen molar-refractivity contribution in [1.29, 1.82) is 5.26 Å². The average Bonchev–Trinajstić information content (AvgIpc) is 3.37. The Morgan fingerprint density at radius 1 is 1.11 bits per heavy atom. The minimum absolute atomic E-state index is 0.0108. The molecular formula is C26H18F4N4O. The van der Waals surface area contributed by atoms with E-state index in [1.165, 1.54) is 6.20 Å². The van der Waals surface area contributed by atoms with Crippen molar-refractivity contribution in [3.05, 3.63) is 88.1 Å². The topological polar surface area (TPSA) is 74.2 Å². The molecule has 2 aliphatic rings. The van der Waals surface area contributed by atoms with Gasteiger partial charge >= 0.3 is 0 Å². The maximum absolute atomic E-state index is 14.9. The van der Waals surface area contributed by atoms with Crippen molar-refractivity contribution in [1.82, 2.24) is 14.4 Å². The molecule has 0 saturated carbocycles. The van der Waals surface area contributed by atoms with E-state index in [0.717, 1.165) is 12.1 Å². The molecule has 9 heteroatoms. The van der Waals surface area contributed by atoms with E-state index in [2.05, 4.69) is 9.97 Å². The molecule has 1 N–H and O–H groups in total. The summed E-state index contributed by atoms with van der Waals surface area (Å²) in [4.78, 5) is 8.39. The van der Waals surface area contributed by atoms with E-state index >= 15 is 0 Å². The number of benzene rings is 2. The van der Waals surface area contributed by atoms with E-state index in [1.54, 1.807) is 35.0 Å². The predicted octanol–water partition coefficient (Wildman–Crippen LogP) is 5.57. The zero-order valence-corrected chi connectivity index (χ0v) is 18.2. The van der Waals surface area contributed by atoms with E-state index in [4.69, 9.17) is 0 Å². The van der Waals surface area contributed by atoms with Gasteiger partial charge in [-0.25, -0.2) is 27.5 Å². The number of rotatable bonds is 2. The number of aromatic nitrogens is 3. The van der Waals surface area contributed by atoms with Crippen LogP contribution >= 0.6 is 0 Å². The van der Waals surface area contributed by atoms with Gasteiger partial charge in [-0.05, 0) is 58.9 Å². The van der Waals surface area contributed by atoms with Crippen molar-refractivity contribution in [2.45, 2.75) is 43.4 Å². The molecule has 2 aromatic carbocycles. The van der Waals surface area contributed by atoms with Crippen molar-refractivity contribution >= 4 is 5.78 Å². The fourth-order valence-corrected chi connectivity index (χ4v) is 5.62. The predicted molar refractivity (Wildman–Crippen MR) is 118 cm³/mol. The highest BCUT2D eigenvalue weighted by molar-refractivity contribution is 5.72. The number of nitrogens with zero attached hydrogens (tertiary/aromatic N) is 4. The summed E-state index contributed by atoms with van der Waals surface area (Å²) in [6, 6.07) is 9.09. The van der Waals surface area contributed by atoms with Crippen LogP contribution in [0.5, 0.6) is 0 Å². The SMILES string of the molecule is N#Cc1cc(F)cc2c1[C@@H](c1ccc(-c3cnc4ncccn34)c3c1CC(F)(F)[C@H]3O)CC[C@@H]2F. The van der Waals surface area contributed by atoms with Gasteiger partial charge in [-0.2, -0.15) is 5.26 Å². The van der Waals surface area contributed by atoms with E-state index < -0.39 is 36.4 Å². The quantitative estimate of drug-likeness (QED) is 0.383. The highest BCUT2D eigenvalue weighted by Gasteiger charge is 2.50. The van der Waals surface area contributed by atoms with Crippen LogP contribution in [-0.2, 0) is 6.42 Å². The number of halogens is 4. The first kappa shape index (κ1) is 21.7. The van der Waals surface area contributed by atoms with Gasteiger partial charge in [-0.1, -0.05) is 12.1 Å². The average molecular weight is 478 g/mol. The molecule has 3 atom stereocenters. The lowest BCUT2D eigenvalue weighted by atomic mass is 9.74. The van der Waals surface area contributed by atoms with Crippen LogP contribution in [0.25, 0.3) is 17.0 Å². The van der Waals surface area contributed by atoms with Gasteiger partial charge in [0.2, 0.25) is 5.78 Å². The van der Waals surface area contributed by atoms with Gasteiger partial charge in [0.25, 0.3) is 5.92 Å². The van der Waals surface area contributed by atoms with Crippen LogP contribution in [0.2, 0.25) is 0 Å². The Hall–Kier alpha value is -3.77. The summed E-state index contributed by atoms with van der Waals surface area (Å²) in [5.41, 5.74) is 2.13. The normalized spacial score (nSPS) is 22.6. The summed E-state index contributed by atoms with van der Waals surface area (Å²) < 4.78 is 60.4. The zero-order valence-electron chi connectivity index (χ0n) is 18.2.